The van der Waals surface area contributed by atoms with Crippen molar-refractivity contribution in [1.82, 2.24) is 24.6 Å². The van der Waals surface area contributed by atoms with E-state index < -0.39 is 18.1 Å². The van der Waals surface area contributed by atoms with Gasteiger partial charge < -0.3 is 23.7 Å². The van der Waals surface area contributed by atoms with Crippen molar-refractivity contribution in [1.29, 1.82) is 0 Å². The first-order valence-electron chi connectivity index (χ1n) is 14.3. The Labute approximate surface area is 252 Å². The highest BCUT2D eigenvalue weighted by atomic mass is 19.3. The van der Waals surface area contributed by atoms with E-state index in [0.29, 0.717) is 28.2 Å². The number of carbonyl (C=O) groups excluding carboxylic acids is 1. The van der Waals surface area contributed by atoms with E-state index in [2.05, 4.69) is 27.1 Å². The van der Waals surface area contributed by atoms with Crippen LogP contribution in [0.1, 0.15) is 30.9 Å². The van der Waals surface area contributed by atoms with Crippen molar-refractivity contribution in [2.24, 2.45) is 7.05 Å². The highest BCUT2D eigenvalue weighted by Crippen LogP contribution is 2.39. The van der Waals surface area contributed by atoms with Gasteiger partial charge in [-0.25, -0.2) is 4.39 Å². The summed E-state index contributed by atoms with van der Waals surface area (Å²) in [5.74, 6) is -1.22. The zero-order chi connectivity index (χ0) is 31.0. The highest BCUT2D eigenvalue weighted by Gasteiger charge is 2.27. The molecule has 0 atom stereocenters. The molecule has 0 radical (unpaired) electrons. The van der Waals surface area contributed by atoms with Crippen LogP contribution < -0.4 is 9.80 Å². The van der Waals surface area contributed by atoms with E-state index in [1.165, 1.54) is 12.3 Å². The molecule has 12 heteroatoms. The van der Waals surface area contributed by atoms with E-state index in [-0.39, 0.29) is 18.5 Å². The van der Waals surface area contributed by atoms with Gasteiger partial charge in [-0.1, -0.05) is 6.07 Å². The van der Waals surface area contributed by atoms with E-state index in [0.717, 1.165) is 48.8 Å². The number of aryl methyl sites for hydroxylation is 1. The average molecular weight is 604 g/mol. The number of fused-ring (bicyclic) bond motifs is 1. The smallest absolute Gasteiger partial charge is 0.314 e. The van der Waals surface area contributed by atoms with Crippen LogP contribution in [-0.2, 0) is 18.4 Å². The van der Waals surface area contributed by atoms with Crippen molar-refractivity contribution in [3.8, 4) is 22.6 Å². The number of aromatic nitrogens is 4. The Morgan fingerprint density at radius 2 is 1.80 bits per heavy atom. The minimum Gasteiger partial charge on any atom is -0.415 e. The monoisotopic (exact) mass is 603 g/mol. The standard InChI is InChI=1S/C32H32F3N7O2/c1-39-11-9-24(10-12-39)42(19-43)29-15-25(20-5-7-27-21(14-20)8-13-40(27)2)26(33)16-28(29)41(3)18-23-6-4-22(17-36-23)31-37-38-32(44-31)30(34)35/h4-8,13-17,19,24,30H,9-12,18H2,1-3H3. The number of likely N-dealkylation sites (tertiary alicyclic amines) is 1. The number of nitrogens with zero attached hydrogens (tertiary/aromatic N) is 7. The third kappa shape index (κ3) is 5.77. The molecule has 4 heterocycles. The van der Waals surface area contributed by atoms with Gasteiger partial charge in [0.1, 0.15) is 5.82 Å². The van der Waals surface area contributed by atoms with Crippen molar-refractivity contribution in [2.75, 3.05) is 37.0 Å². The molecule has 3 aromatic heterocycles. The molecule has 0 aliphatic carbocycles. The summed E-state index contributed by atoms with van der Waals surface area (Å²) >= 11 is 0. The number of halogens is 3. The SMILES string of the molecule is CN1CCC(N(C=O)c2cc(-c3ccc4c(ccn4C)c3)c(F)cc2N(C)Cc2ccc(-c3nnc(C(F)F)o3)cn2)CC1. The molecule has 9 nitrogen and oxygen atoms in total. The van der Waals surface area contributed by atoms with Gasteiger partial charge in [0.25, 0.3) is 5.89 Å². The van der Waals surface area contributed by atoms with Gasteiger partial charge in [-0.15, -0.1) is 10.2 Å². The maximum Gasteiger partial charge on any atom is 0.314 e. The van der Waals surface area contributed by atoms with Gasteiger partial charge in [0.2, 0.25) is 12.3 Å². The van der Waals surface area contributed by atoms with Gasteiger partial charge in [-0.3, -0.25) is 9.78 Å². The van der Waals surface area contributed by atoms with E-state index in [1.807, 2.05) is 54.0 Å². The molecule has 1 amide bonds. The molecule has 228 valence electrons. The number of piperidine rings is 1. The van der Waals surface area contributed by atoms with Crippen molar-refractivity contribution in [3.63, 3.8) is 0 Å². The van der Waals surface area contributed by atoms with Crippen LogP contribution in [-0.4, -0.2) is 64.3 Å². The Kier molecular flexibility index (Phi) is 8.09. The van der Waals surface area contributed by atoms with E-state index in [1.54, 1.807) is 23.1 Å². The Morgan fingerprint density at radius 1 is 1.02 bits per heavy atom. The molecule has 0 saturated carbocycles. The predicted octanol–water partition coefficient (Wildman–Crippen LogP) is 6.06. The van der Waals surface area contributed by atoms with Crippen LogP contribution >= 0.6 is 0 Å². The minimum atomic E-state index is -2.86. The first kappa shape index (κ1) is 29.4. The third-order valence-corrected chi connectivity index (χ3v) is 8.24. The zero-order valence-corrected chi connectivity index (χ0v) is 24.6. The predicted molar refractivity (Wildman–Crippen MR) is 162 cm³/mol. The molecule has 0 unspecified atom stereocenters. The summed E-state index contributed by atoms with van der Waals surface area (Å²) in [7, 11) is 5.84. The lowest BCUT2D eigenvalue weighted by atomic mass is 9.99. The van der Waals surface area contributed by atoms with Crippen molar-refractivity contribution < 1.29 is 22.4 Å². The van der Waals surface area contributed by atoms with Crippen LogP contribution in [0.5, 0.6) is 0 Å². The fourth-order valence-electron chi connectivity index (χ4n) is 5.76. The number of rotatable bonds is 9. The molecule has 6 rings (SSSR count). The lowest BCUT2D eigenvalue weighted by Gasteiger charge is -2.37. The summed E-state index contributed by atoms with van der Waals surface area (Å²) in [6.45, 7) is 2.00. The van der Waals surface area contributed by atoms with Gasteiger partial charge >= 0.3 is 6.43 Å². The number of anilines is 2. The summed E-state index contributed by atoms with van der Waals surface area (Å²) < 4.78 is 48.7. The number of carbonyl (C=O) groups is 1. The lowest BCUT2D eigenvalue weighted by Crippen LogP contribution is -2.43. The summed E-state index contributed by atoms with van der Waals surface area (Å²) in [5.41, 5.74) is 4.36. The molecular weight excluding hydrogens is 571 g/mol. The molecule has 1 aliphatic rings. The van der Waals surface area contributed by atoms with Crippen LogP contribution in [0.25, 0.3) is 33.5 Å². The summed E-state index contributed by atoms with van der Waals surface area (Å²) in [6.07, 6.45) is 3.01. The van der Waals surface area contributed by atoms with Crippen LogP contribution in [0.4, 0.5) is 24.5 Å². The molecule has 0 spiro atoms. The van der Waals surface area contributed by atoms with Crippen molar-refractivity contribution in [2.45, 2.75) is 31.9 Å². The number of hydrogen-bond acceptors (Lipinski definition) is 7. The molecule has 44 heavy (non-hydrogen) atoms. The minimum absolute atomic E-state index is 0.0318. The number of alkyl halides is 2. The summed E-state index contributed by atoms with van der Waals surface area (Å²) in [6, 6.07) is 14.4. The molecule has 1 saturated heterocycles. The number of pyridine rings is 1. The third-order valence-electron chi connectivity index (χ3n) is 8.24. The first-order valence-corrected chi connectivity index (χ1v) is 14.3. The summed E-state index contributed by atoms with van der Waals surface area (Å²) in [5, 5.41) is 8.02. The maximum atomic E-state index is 15.9. The Hall–Kier alpha value is -4.71. The Morgan fingerprint density at radius 3 is 2.48 bits per heavy atom. The van der Waals surface area contributed by atoms with Gasteiger partial charge in [-0.05, 0) is 81.0 Å². The second-order valence-corrected chi connectivity index (χ2v) is 11.2. The van der Waals surface area contributed by atoms with Crippen LogP contribution in [0.3, 0.4) is 0 Å². The molecular formula is C32H32F3N7O2. The van der Waals surface area contributed by atoms with Gasteiger partial charge in [0, 0.05) is 49.0 Å². The van der Waals surface area contributed by atoms with Gasteiger partial charge in [0.15, 0.2) is 0 Å². The lowest BCUT2D eigenvalue weighted by molar-refractivity contribution is -0.108. The fourth-order valence-corrected chi connectivity index (χ4v) is 5.76. The van der Waals surface area contributed by atoms with Gasteiger partial charge in [0.05, 0.1) is 29.2 Å². The topological polar surface area (TPSA) is 83.5 Å². The molecule has 0 N–H and O–H groups in total. The largest absolute Gasteiger partial charge is 0.415 e. The van der Waals surface area contributed by atoms with Crippen LogP contribution in [0, 0.1) is 5.82 Å². The normalized spacial score (nSPS) is 14.4. The Bertz CT molecular complexity index is 1780. The van der Waals surface area contributed by atoms with Crippen LogP contribution in [0.15, 0.2) is 65.3 Å². The quantitative estimate of drug-likeness (QED) is 0.190. The molecule has 1 fully saturated rings. The zero-order valence-electron chi connectivity index (χ0n) is 24.6. The number of benzene rings is 2. The molecule has 0 bridgehead atoms. The molecule has 1 aliphatic heterocycles. The number of hydrogen-bond donors (Lipinski definition) is 0. The first-order chi connectivity index (χ1) is 21.2. The van der Waals surface area contributed by atoms with E-state index in [9.17, 15) is 13.6 Å². The van der Waals surface area contributed by atoms with Crippen LogP contribution in [0.2, 0.25) is 0 Å². The second-order valence-electron chi connectivity index (χ2n) is 11.2. The average Bonchev–Trinajstić information content (AvgIpc) is 3.67. The molecule has 5 aromatic rings. The number of amides is 1. The highest BCUT2D eigenvalue weighted by molar-refractivity contribution is 5.90. The second kappa shape index (κ2) is 12.1. The van der Waals surface area contributed by atoms with E-state index >= 15 is 4.39 Å². The van der Waals surface area contributed by atoms with Crippen molar-refractivity contribution >= 4 is 28.7 Å². The van der Waals surface area contributed by atoms with Crippen molar-refractivity contribution in [3.05, 3.63) is 78.3 Å². The summed E-state index contributed by atoms with van der Waals surface area (Å²) in [4.78, 5) is 22.9. The fraction of sp³-hybridized carbons (Fsp3) is 0.312. The molecule has 2 aromatic carbocycles. The maximum absolute atomic E-state index is 15.9. The Balaban J connectivity index is 1.34. The van der Waals surface area contributed by atoms with Gasteiger partial charge in [-0.2, -0.15) is 8.78 Å². The van der Waals surface area contributed by atoms with E-state index in [4.69, 9.17) is 4.42 Å².